The molecule has 3 rings (SSSR count). The van der Waals surface area contributed by atoms with Crippen molar-refractivity contribution in [1.82, 2.24) is 25.1 Å². The Kier molecular flexibility index (Phi) is 5.89. The Hall–Kier alpha value is -3.95. The molecule has 2 aromatic heterocycles. The van der Waals surface area contributed by atoms with Gasteiger partial charge in [-0.15, -0.1) is 0 Å². The van der Waals surface area contributed by atoms with Crippen LogP contribution < -0.4 is 5.32 Å². The molecule has 1 N–H and O–H groups in total. The molecule has 0 fully saturated rings. The number of carbonyl (C=O) groups excluding carboxylic acids is 1. The van der Waals surface area contributed by atoms with Gasteiger partial charge < -0.3 is 5.32 Å². The summed E-state index contributed by atoms with van der Waals surface area (Å²) in [4.78, 5) is 20.5. The van der Waals surface area contributed by atoms with Gasteiger partial charge in [0.15, 0.2) is 11.6 Å². The molecule has 0 spiro atoms. The molecular weight excluding hydrogens is 442 g/mol. The highest BCUT2D eigenvalue weighted by atomic mass is 19.4. The fourth-order valence-corrected chi connectivity index (χ4v) is 2.73. The number of carbonyl (C=O) groups is 1. The van der Waals surface area contributed by atoms with E-state index in [4.69, 9.17) is 5.26 Å². The van der Waals surface area contributed by atoms with Crippen molar-refractivity contribution in [2.45, 2.75) is 25.3 Å². The molecule has 0 saturated carbocycles. The van der Waals surface area contributed by atoms with E-state index in [1.807, 2.05) is 6.07 Å². The fourth-order valence-electron chi connectivity index (χ4n) is 2.73. The Labute approximate surface area is 176 Å². The summed E-state index contributed by atoms with van der Waals surface area (Å²) in [6, 6.07) is 4.44. The van der Waals surface area contributed by atoms with Crippen molar-refractivity contribution >= 4 is 5.91 Å². The largest absolute Gasteiger partial charge is 0.416 e. The number of amides is 1. The highest BCUT2D eigenvalue weighted by molar-refractivity contribution is 5.94. The molecule has 1 amide bonds. The average Bonchev–Trinajstić information content (AvgIpc) is 3.22. The van der Waals surface area contributed by atoms with Crippen molar-refractivity contribution in [1.29, 1.82) is 5.26 Å². The van der Waals surface area contributed by atoms with Crippen molar-refractivity contribution in [3.05, 3.63) is 70.9 Å². The predicted molar refractivity (Wildman–Crippen MR) is 96.2 cm³/mol. The monoisotopic (exact) mass is 454 g/mol. The van der Waals surface area contributed by atoms with Gasteiger partial charge >= 0.3 is 12.4 Å². The molecule has 166 valence electrons. The minimum atomic E-state index is -5.08. The SMILES string of the molecule is CC(NC(=O)c1cc(C(F)(F)F)cc(C(F)(F)F)c1)c1ncnn1-c1ccc(C#N)cn1. The van der Waals surface area contributed by atoms with Crippen molar-refractivity contribution < 1.29 is 31.1 Å². The van der Waals surface area contributed by atoms with Gasteiger partial charge in [0.05, 0.1) is 22.7 Å². The molecule has 2 heterocycles. The number of aromatic nitrogens is 4. The summed E-state index contributed by atoms with van der Waals surface area (Å²) in [5, 5.41) is 15.1. The molecule has 1 atom stereocenters. The topological polar surface area (TPSA) is 96.5 Å². The van der Waals surface area contributed by atoms with E-state index in [-0.39, 0.29) is 23.3 Å². The molecule has 0 aliphatic carbocycles. The van der Waals surface area contributed by atoms with Gasteiger partial charge in [0.25, 0.3) is 5.91 Å². The molecule has 0 saturated heterocycles. The number of nitrogens with one attached hydrogen (secondary N) is 1. The summed E-state index contributed by atoms with van der Waals surface area (Å²) in [6.45, 7) is 1.42. The molecule has 0 aliphatic heterocycles. The van der Waals surface area contributed by atoms with Gasteiger partial charge in [0.1, 0.15) is 12.4 Å². The number of nitrogens with zero attached hydrogens (tertiary/aromatic N) is 5. The van der Waals surface area contributed by atoms with Crippen molar-refractivity contribution in [3.8, 4) is 11.9 Å². The van der Waals surface area contributed by atoms with E-state index in [9.17, 15) is 31.1 Å². The quantitative estimate of drug-likeness (QED) is 0.600. The lowest BCUT2D eigenvalue weighted by Crippen LogP contribution is -2.29. The van der Waals surface area contributed by atoms with Crippen LogP contribution in [0.1, 0.15) is 45.8 Å². The molecule has 7 nitrogen and oxygen atoms in total. The van der Waals surface area contributed by atoms with E-state index >= 15 is 0 Å². The van der Waals surface area contributed by atoms with Gasteiger partial charge in [-0.3, -0.25) is 4.79 Å². The van der Waals surface area contributed by atoms with Crippen molar-refractivity contribution in [3.63, 3.8) is 0 Å². The minimum Gasteiger partial charge on any atom is -0.342 e. The van der Waals surface area contributed by atoms with Gasteiger partial charge in [-0.25, -0.2) is 9.97 Å². The van der Waals surface area contributed by atoms with Gasteiger partial charge in [-0.1, -0.05) is 0 Å². The van der Waals surface area contributed by atoms with Crippen LogP contribution in [-0.4, -0.2) is 25.7 Å². The number of pyridine rings is 1. The third kappa shape index (κ3) is 4.85. The van der Waals surface area contributed by atoms with Gasteiger partial charge in [-0.2, -0.15) is 41.4 Å². The van der Waals surface area contributed by atoms with Crippen LogP contribution in [0.15, 0.2) is 42.9 Å². The summed E-state index contributed by atoms with van der Waals surface area (Å²) in [5.74, 6) is -0.828. The average molecular weight is 454 g/mol. The van der Waals surface area contributed by atoms with E-state index in [0.717, 1.165) is 6.33 Å². The normalized spacial score (nSPS) is 12.8. The number of alkyl halides is 6. The summed E-state index contributed by atoms with van der Waals surface area (Å²) in [6.07, 6.45) is -7.76. The highest BCUT2D eigenvalue weighted by Gasteiger charge is 2.37. The molecule has 0 bridgehead atoms. The van der Waals surface area contributed by atoms with Crippen LogP contribution in [0.25, 0.3) is 5.82 Å². The summed E-state index contributed by atoms with van der Waals surface area (Å²) >= 11 is 0. The Morgan fingerprint density at radius 2 is 1.69 bits per heavy atom. The molecule has 13 heteroatoms. The van der Waals surface area contributed by atoms with Crippen molar-refractivity contribution in [2.75, 3.05) is 0 Å². The van der Waals surface area contributed by atoms with E-state index in [2.05, 4.69) is 20.4 Å². The number of hydrogen-bond donors (Lipinski definition) is 1. The first-order valence-corrected chi connectivity index (χ1v) is 8.77. The first-order valence-electron chi connectivity index (χ1n) is 8.77. The van der Waals surface area contributed by atoms with Crippen LogP contribution in [-0.2, 0) is 12.4 Å². The summed E-state index contributed by atoms with van der Waals surface area (Å²) < 4.78 is 79.4. The fraction of sp³-hybridized carbons (Fsp3) is 0.211. The lowest BCUT2D eigenvalue weighted by atomic mass is 10.0. The molecule has 32 heavy (non-hydrogen) atoms. The lowest BCUT2D eigenvalue weighted by molar-refractivity contribution is -0.143. The smallest absolute Gasteiger partial charge is 0.342 e. The van der Waals surface area contributed by atoms with Crippen LogP contribution in [0, 0.1) is 11.3 Å². The second-order valence-electron chi connectivity index (χ2n) is 6.54. The van der Waals surface area contributed by atoms with Crippen LogP contribution in [0.4, 0.5) is 26.3 Å². The zero-order valence-corrected chi connectivity index (χ0v) is 16.0. The van der Waals surface area contributed by atoms with Gasteiger partial charge in [0.2, 0.25) is 0 Å². The number of hydrogen-bond acceptors (Lipinski definition) is 5. The number of benzene rings is 1. The standard InChI is InChI=1S/C19H12F6N6O/c1-10(16-28-9-29-31(16)15-3-2-11(7-26)8-27-15)30-17(32)12-4-13(18(20,21)22)6-14(5-12)19(23,24)25/h2-6,8-10H,1H3,(H,30,32). The van der Waals surface area contributed by atoms with Crippen LogP contribution in [0.5, 0.6) is 0 Å². The van der Waals surface area contributed by atoms with Crippen LogP contribution in [0.3, 0.4) is 0 Å². The van der Waals surface area contributed by atoms with E-state index < -0.39 is 41.0 Å². The van der Waals surface area contributed by atoms with E-state index in [0.29, 0.717) is 12.1 Å². The van der Waals surface area contributed by atoms with Gasteiger partial charge in [-0.05, 0) is 37.3 Å². The van der Waals surface area contributed by atoms with Crippen LogP contribution in [0.2, 0.25) is 0 Å². The Morgan fingerprint density at radius 1 is 1.06 bits per heavy atom. The molecule has 1 unspecified atom stereocenters. The Bertz CT molecular complexity index is 1140. The molecule has 1 aromatic carbocycles. The Morgan fingerprint density at radius 3 is 2.19 bits per heavy atom. The second-order valence-corrected chi connectivity index (χ2v) is 6.54. The second kappa shape index (κ2) is 8.29. The first kappa shape index (κ1) is 22.7. The van der Waals surface area contributed by atoms with Gasteiger partial charge in [0, 0.05) is 11.8 Å². The van der Waals surface area contributed by atoms with E-state index in [1.165, 1.54) is 29.9 Å². The number of rotatable bonds is 4. The zero-order chi connectivity index (χ0) is 23.7. The Balaban J connectivity index is 1.90. The maximum Gasteiger partial charge on any atom is 0.416 e. The lowest BCUT2D eigenvalue weighted by Gasteiger charge is -2.17. The number of halogens is 6. The molecule has 0 aliphatic rings. The highest BCUT2D eigenvalue weighted by Crippen LogP contribution is 2.36. The first-order chi connectivity index (χ1) is 14.9. The zero-order valence-electron chi connectivity index (χ0n) is 16.0. The maximum absolute atomic E-state index is 13.0. The van der Waals surface area contributed by atoms with Crippen molar-refractivity contribution in [2.24, 2.45) is 0 Å². The predicted octanol–water partition coefficient (Wildman–Crippen LogP) is 4.06. The summed E-state index contributed by atoms with van der Waals surface area (Å²) in [5.41, 5.74) is -3.74. The van der Waals surface area contributed by atoms with E-state index in [1.54, 1.807) is 0 Å². The summed E-state index contributed by atoms with van der Waals surface area (Å²) in [7, 11) is 0. The molecule has 3 aromatic rings. The maximum atomic E-state index is 13.0. The third-order valence-corrected chi connectivity index (χ3v) is 4.25. The molecular formula is C19H12F6N6O. The van der Waals surface area contributed by atoms with Crippen LogP contribution >= 0.6 is 0 Å². The third-order valence-electron chi connectivity index (χ3n) is 4.25. The molecule has 0 radical (unpaired) electrons. The number of nitriles is 1. The minimum absolute atomic E-state index is 0.0621.